The second-order valence-electron chi connectivity index (χ2n) is 5.60. The summed E-state index contributed by atoms with van der Waals surface area (Å²) in [6, 6.07) is 0. The van der Waals surface area contributed by atoms with Crippen LogP contribution in [0.3, 0.4) is 0 Å². The number of hydrogen-bond donors (Lipinski definition) is 0. The van der Waals surface area contributed by atoms with Gasteiger partial charge in [-0.2, -0.15) is 0 Å². The molecule has 0 radical (unpaired) electrons. The largest absolute Gasteiger partial charge is 0.459 e. The summed E-state index contributed by atoms with van der Waals surface area (Å²) in [6.45, 7) is 7.55. The molecule has 0 saturated heterocycles. The van der Waals surface area contributed by atoms with Gasteiger partial charge >= 0.3 is 5.97 Å². The average Bonchev–Trinajstić information content (AvgIpc) is 2.27. The first kappa shape index (κ1) is 14.2. The van der Waals surface area contributed by atoms with Gasteiger partial charge in [-0.15, -0.1) is 0 Å². The van der Waals surface area contributed by atoms with Crippen LogP contribution in [0.25, 0.3) is 0 Å². The summed E-state index contributed by atoms with van der Waals surface area (Å²) in [6.07, 6.45) is 4.29. The molecule has 0 heterocycles. The number of esters is 1. The van der Waals surface area contributed by atoms with E-state index in [4.69, 9.17) is 4.74 Å². The smallest absolute Gasteiger partial charge is 0.309 e. The van der Waals surface area contributed by atoms with Gasteiger partial charge in [0.15, 0.2) is 0 Å². The number of Topliss-reactive ketones (excluding diaryl/α,β-unsaturated/α-hetero) is 1. The van der Waals surface area contributed by atoms with Crippen molar-refractivity contribution in [2.45, 2.75) is 65.4 Å². The number of rotatable bonds is 4. The predicted octanol–water partition coefficient (Wildman–Crippen LogP) is 3.11. The SMILES string of the molecule is CCC(C)C(=O)OC(C)(C)C1CCCCC1=O. The molecular formula is C14H24O3. The van der Waals surface area contributed by atoms with Crippen molar-refractivity contribution in [1.29, 1.82) is 0 Å². The maximum absolute atomic E-state index is 11.9. The summed E-state index contributed by atoms with van der Waals surface area (Å²) in [5.74, 6) is -0.147. The van der Waals surface area contributed by atoms with Crippen molar-refractivity contribution >= 4 is 11.8 Å². The van der Waals surface area contributed by atoms with Crippen LogP contribution in [-0.4, -0.2) is 17.4 Å². The summed E-state index contributed by atoms with van der Waals surface area (Å²) in [5, 5.41) is 0. The minimum absolute atomic E-state index is 0.0898. The van der Waals surface area contributed by atoms with E-state index in [2.05, 4.69) is 0 Å². The number of carbonyl (C=O) groups is 2. The number of hydrogen-bond acceptors (Lipinski definition) is 3. The fourth-order valence-electron chi connectivity index (χ4n) is 2.32. The lowest BCUT2D eigenvalue weighted by Crippen LogP contribution is -2.43. The molecule has 1 fully saturated rings. The van der Waals surface area contributed by atoms with Gasteiger partial charge in [0.05, 0.1) is 11.8 Å². The van der Waals surface area contributed by atoms with Crippen molar-refractivity contribution in [2.24, 2.45) is 11.8 Å². The van der Waals surface area contributed by atoms with Crippen LogP contribution in [0.4, 0.5) is 0 Å². The fourth-order valence-corrected chi connectivity index (χ4v) is 2.32. The van der Waals surface area contributed by atoms with Gasteiger partial charge < -0.3 is 4.74 Å². The maximum Gasteiger partial charge on any atom is 0.309 e. The van der Waals surface area contributed by atoms with E-state index in [1.807, 2.05) is 27.7 Å². The normalized spacial score (nSPS) is 23.3. The third-order valence-electron chi connectivity index (χ3n) is 3.77. The fraction of sp³-hybridized carbons (Fsp3) is 0.857. The van der Waals surface area contributed by atoms with Gasteiger partial charge in [-0.05, 0) is 33.1 Å². The van der Waals surface area contributed by atoms with Gasteiger partial charge in [-0.25, -0.2) is 0 Å². The molecule has 0 amide bonds. The monoisotopic (exact) mass is 240 g/mol. The molecule has 0 bridgehead atoms. The van der Waals surface area contributed by atoms with Crippen molar-refractivity contribution in [1.82, 2.24) is 0 Å². The van der Waals surface area contributed by atoms with Crippen LogP contribution < -0.4 is 0 Å². The highest BCUT2D eigenvalue weighted by atomic mass is 16.6. The highest BCUT2D eigenvalue weighted by molar-refractivity contribution is 5.83. The Bertz CT molecular complexity index is 294. The summed E-state index contributed by atoms with van der Waals surface area (Å²) >= 11 is 0. The zero-order valence-corrected chi connectivity index (χ0v) is 11.4. The Hall–Kier alpha value is -0.860. The van der Waals surface area contributed by atoms with Gasteiger partial charge in [0.25, 0.3) is 0 Å². The second-order valence-corrected chi connectivity index (χ2v) is 5.60. The van der Waals surface area contributed by atoms with Gasteiger partial charge in [-0.1, -0.05) is 20.3 Å². The molecule has 1 rings (SSSR count). The molecule has 98 valence electrons. The molecule has 0 aromatic rings. The van der Waals surface area contributed by atoms with E-state index in [1.165, 1.54) is 0 Å². The first-order valence-corrected chi connectivity index (χ1v) is 6.64. The number of carbonyl (C=O) groups excluding carboxylic acids is 2. The summed E-state index contributed by atoms with van der Waals surface area (Å²) in [5.41, 5.74) is -0.655. The Kier molecular flexibility index (Phi) is 4.72. The molecule has 0 aromatic heterocycles. The molecular weight excluding hydrogens is 216 g/mol. The first-order valence-electron chi connectivity index (χ1n) is 6.64. The molecule has 1 aliphatic rings. The number of ether oxygens (including phenoxy) is 1. The Morgan fingerprint density at radius 2 is 2.12 bits per heavy atom. The maximum atomic E-state index is 11.9. The Morgan fingerprint density at radius 1 is 1.47 bits per heavy atom. The summed E-state index contributed by atoms with van der Waals surface area (Å²) < 4.78 is 5.54. The molecule has 3 heteroatoms. The molecule has 3 nitrogen and oxygen atoms in total. The van der Waals surface area contributed by atoms with Crippen molar-refractivity contribution in [3.8, 4) is 0 Å². The Labute approximate surface area is 104 Å². The van der Waals surface area contributed by atoms with E-state index < -0.39 is 5.60 Å². The third kappa shape index (κ3) is 3.55. The molecule has 0 aliphatic heterocycles. The number of ketones is 1. The van der Waals surface area contributed by atoms with Crippen LogP contribution in [0.1, 0.15) is 59.8 Å². The minimum atomic E-state index is -0.655. The minimum Gasteiger partial charge on any atom is -0.459 e. The molecule has 17 heavy (non-hydrogen) atoms. The average molecular weight is 240 g/mol. The van der Waals surface area contributed by atoms with Crippen molar-refractivity contribution in [2.75, 3.05) is 0 Å². The van der Waals surface area contributed by atoms with Crippen LogP contribution in [0, 0.1) is 11.8 Å². The van der Waals surface area contributed by atoms with Crippen molar-refractivity contribution in [3.05, 3.63) is 0 Å². The van der Waals surface area contributed by atoms with E-state index in [0.717, 1.165) is 25.7 Å². The Balaban J connectivity index is 2.66. The van der Waals surface area contributed by atoms with Crippen LogP contribution in [0.2, 0.25) is 0 Å². The summed E-state index contributed by atoms with van der Waals surface area (Å²) in [4.78, 5) is 23.7. The molecule has 0 N–H and O–H groups in total. The third-order valence-corrected chi connectivity index (χ3v) is 3.77. The molecule has 1 aliphatic carbocycles. The predicted molar refractivity (Wildman–Crippen MR) is 66.6 cm³/mol. The van der Waals surface area contributed by atoms with Crippen LogP contribution >= 0.6 is 0 Å². The first-order chi connectivity index (χ1) is 7.88. The lowest BCUT2D eigenvalue weighted by atomic mass is 9.77. The molecule has 0 spiro atoms. The zero-order chi connectivity index (χ0) is 13.1. The standard InChI is InChI=1S/C14H24O3/c1-5-10(2)13(16)17-14(3,4)11-8-6-7-9-12(11)15/h10-11H,5-9H2,1-4H3. The summed E-state index contributed by atoms with van der Waals surface area (Å²) in [7, 11) is 0. The van der Waals surface area contributed by atoms with Crippen molar-refractivity contribution in [3.63, 3.8) is 0 Å². The van der Waals surface area contributed by atoms with E-state index >= 15 is 0 Å². The van der Waals surface area contributed by atoms with Gasteiger partial charge in [0.2, 0.25) is 0 Å². The van der Waals surface area contributed by atoms with E-state index in [1.54, 1.807) is 0 Å². The van der Waals surface area contributed by atoms with Crippen LogP contribution in [0.15, 0.2) is 0 Å². The lowest BCUT2D eigenvalue weighted by molar-refractivity contribution is -0.169. The van der Waals surface area contributed by atoms with E-state index in [9.17, 15) is 9.59 Å². The Morgan fingerprint density at radius 3 is 2.65 bits per heavy atom. The van der Waals surface area contributed by atoms with Gasteiger partial charge in [0, 0.05) is 6.42 Å². The van der Waals surface area contributed by atoms with Crippen molar-refractivity contribution < 1.29 is 14.3 Å². The zero-order valence-electron chi connectivity index (χ0n) is 11.4. The van der Waals surface area contributed by atoms with E-state index in [-0.39, 0.29) is 23.6 Å². The van der Waals surface area contributed by atoms with E-state index in [0.29, 0.717) is 6.42 Å². The van der Waals surface area contributed by atoms with Crippen LogP contribution in [0.5, 0.6) is 0 Å². The van der Waals surface area contributed by atoms with Crippen LogP contribution in [-0.2, 0) is 14.3 Å². The topological polar surface area (TPSA) is 43.4 Å². The lowest BCUT2D eigenvalue weighted by Gasteiger charge is -2.35. The quantitative estimate of drug-likeness (QED) is 0.709. The molecule has 0 aromatic carbocycles. The molecule has 2 atom stereocenters. The highest BCUT2D eigenvalue weighted by Gasteiger charge is 2.39. The van der Waals surface area contributed by atoms with Gasteiger partial charge in [-0.3, -0.25) is 9.59 Å². The van der Waals surface area contributed by atoms with Gasteiger partial charge in [0.1, 0.15) is 11.4 Å². The molecule has 1 saturated carbocycles. The molecule has 2 unspecified atom stereocenters. The second kappa shape index (κ2) is 5.65. The highest BCUT2D eigenvalue weighted by Crippen LogP contribution is 2.33.